The van der Waals surface area contributed by atoms with Crippen molar-refractivity contribution in [2.75, 3.05) is 26.4 Å². The maximum absolute atomic E-state index is 12.7. The van der Waals surface area contributed by atoms with Crippen LogP contribution < -0.4 is 14.9 Å². The first-order valence-electron chi connectivity index (χ1n) is 7.22. The van der Waals surface area contributed by atoms with E-state index in [4.69, 9.17) is 19.7 Å². The van der Waals surface area contributed by atoms with Crippen molar-refractivity contribution in [3.8, 4) is 11.5 Å². The Balaban J connectivity index is 2.27. The molecule has 0 aliphatic carbocycles. The summed E-state index contributed by atoms with van der Waals surface area (Å²) < 4.78 is 12.6. The summed E-state index contributed by atoms with van der Waals surface area (Å²) in [7, 11) is 0. The summed E-state index contributed by atoms with van der Waals surface area (Å²) in [6.07, 6.45) is 0. The van der Waals surface area contributed by atoms with E-state index in [0.717, 1.165) is 4.70 Å². The van der Waals surface area contributed by atoms with Crippen LogP contribution >= 0.6 is 11.3 Å². The largest absolute Gasteiger partial charge is 0.487 e. The van der Waals surface area contributed by atoms with E-state index in [1.807, 2.05) is 18.2 Å². The number of hydrogen-bond donors (Lipinski definition) is 2. The van der Waals surface area contributed by atoms with E-state index in [-0.39, 0.29) is 31.9 Å². The third kappa shape index (κ3) is 3.01. The molecule has 5 nitrogen and oxygen atoms in total. The zero-order valence-electron chi connectivity index (χ0n) is 12.3. The molecular weight excluding hydrogens is 316 g/mol. The maximum Gasteiger partial charge on any atom is 0.196 e. The van der Waals surface area contributed by atoms with Gasteiger partial charge in [-0.05, 0) is 24.3 Å². The molecule has 2 aromatic carbocycles. The molecule has 0 unspecified atom stereocenters. The molecule has 0 aliphatic rings. The number of rotatable bonds is 6. The Morgan fingerprint density at radius 1 is 0.913 bits per heavy atom. The molecule has 0 amide bonds. The van der Waals surface area contributed by atoms with Gasteiger partial charge in [-0.3, -0.25) is 4.79 Å². The van der Waals surface area contributed by atoms with Gasteiger partial charge in [0.1, 0.15) is 13.2 Å². The van der Waals surface area contributed by atoms with Crippen molar-refractivity contribution < 1.29 is 19.7 Å². The fourth-order valence-corrected chi connectivity index (χ4v) is 3.54. The first-order valence-corrected chi connectivity index (χ1v) is 8.03. The molecule has 0 fully saturated rings. The lowest BCUT2D eigenvalue weighted by molar-refractivity contribution is 0.180. The van der Waals surface area contributed by atoms with Gasteiger partial charge in [-0.1, -0.05) is 12.1 Å². The van der Waals surface area contributed by atoms with Gasteiger partial charge in [0.05, 0.1) is 17.9 Å². The van der Waals surface area contributed by atoms with Crippen LogP contribution in [0.1, 0.15) is 0 Å². The van der Waals surface area contributed by atoms with E-state index < -0.39 is 0 Å². The summed E-state index contributed by atoms with van der Waals surface area (Å²) in [6, 6.07) is 10.8. The maximum atomic E-state index is 12.7. The highest BCUT2D eigenvalue weighted by molar-refractivity contribution is 7.24. The predicted molar refractivity (Wildman–Crippen MR) is 90.8 cm³/mol. The normalized spacial score (nSPS) is 11.0. The third-order valence-electron chi connectivity index (χ3n) is 3.35. The van der Waals surface area contributed by atoms with Crippen molar-refractivity contribution in [1.82, 2.24) is 0 Å². The fourth-order valence-electron chi connectivity index (χ4n) is 2.38. The van der Waals surface area contributed by atoms with Crippen LogP contribution in [0.15, 0.2) is 41.2 Å². The molecule has 0 spiro atoms. The van der Waals surface area contributed by atoms with Crippen LogP contribution in [-0.2, 0) is 0 Å². The van der Waals surface area contributed by atoms with Crippen molar-refractivity contribution in [3.05, 3.63) is 46.6 Å². The molecule has 1 heterocycles. The van der Waals surface area contributed by atoms with Gasteiger partial charge in [-0.25, -0.2) is 0 Å². The summed E-state index contributed by atoms with van der Waals surface area (Å²) in [5.74, 6) is 0.879. The van der Waals surface area contributed by atoms with E-state index in [0.29, 0.717) is 27.0 Å². The average molecular weight is 332 g/mol. The predicted octanol–water partition coefficient (Wildman–Crippen LogP) is 2.16. The lowest BCUT2D eigenvalue weighted by Gasteiger charge is -2.14. The summed E-state index contributed by atoms with van der Waals surface area (Å²) in [5, 5.41) is 19.2. The number of ether oxygens (including phenoxy) is 2. The molecule has 0 aliphatic heterocycles. The topological polar surface area (TPSA) is 76.0 Å². The van der Waals surface area contributed by atoms with Crippen LogP contribution in [0.2, 0.25) is 0 Å². The Bertz CT molecular complexity index is 887. The molecule has 0 saturated carbocycles. The lowest BCUT2D eigenvalue weighted by atomic mass is 10.1. The molecule has 0 radical (unpaired) electrons. The number of hydrogen-bond acceptors (Lipinski definition) is 6. The van der Waals surface area contributed by atoms with Crippen molar-refractivity contribution in [1.29, 1.82) is 0 Å². The molecule has 6 heteroatoms. The molecule has 0 atom stereocenters. The molecule has 1 aromatic heterocycles. The summed E-state index contributed by atoms with van der Waals surface area (Å²) in [6.45, 7) is -0.0322. The highest BCUT2D eigenvalue weighted by Gasteiger charge is 2.15. The highest BCUT2D eigenvalue weighted by atomic mass is 32.1. The second kappa shape index (κ2) is 6.95. The highest BCUT2D eigenvalue weighted by Crippen LogP contribution is 2.39. The molecule has 2 N–H and O–H groups in total. The second-order valence-corrected chi connectivity index (χ2v) is 5.89. The van der Waals surface area contributed by atoms with Crippen LogP contribution in [0.25, 0.3) is 20.2 Å². The van der Waals surface area contributed by atoms with Gasteiger partial charge in [0, 0.05) is 15.5 Å². The van der Waals surface area contributed by atoms with E-state index in [9.17, 15) is 4.79 Å². The molecule has 23 heavy (non-hydrogen) atoms. The third-order valence-corrected chi connectivity index (χ3v) is 4.54. The van der Waals surface area contributed by atoms with Gasteiger partial charge in [-0.2, -0.15) is 0 Å². The molecular formula is C17H16O5S. The quantitative estimate of drug-likeness (QED) is 0.677. The zero-order chi connectivity index (χ0) is 16.2. The van der Waals surface area contributed by atoms with Gasteiger partial charge in [0.25, 0.3) is 0 Å². The van der Waals surface area contributed by atoms with Crippen molar-refractivity contribution in [3.63, 3.8) is 0 Å². The standard InChI is InChI=1S/C17H16O5S/c18-7-9-21-13-6-5-12-15(20)11-3-1-2-4-14(11)23-17(12)16(13)22-10-8-19/h1-6,18-19H,7-10H2. The molecule has 0 bridgehead atoms. The Kier molecular flexibility index (Phi) is 4.76. The van der Waals surface area contributed by atoms with Crippen molar-refractivity contribution in [2.45, 2.75) is 0 Å². The second-order valence-electron chi connectivity index (χ2n) is 4.84. The van der Waals surface area contributed by atoms with E-state index in [1.54, 1.807) is 18.2 Å². The monoisotopic (exact) mass is 332 g/mol. The number of aliphatic hydroxyl groups excluding tert-OH is 2. The van der Waals surface area contributed by atoms with Crippen LogP contribution in [0, 0.1) is 0 Å². The Labute approximate surface area is 136 Å². The Hall–Kier alpha value is -2.15. The van der Waals surface area contributed by atoms with Gasteiger partial charge >= 0.3 is 0 Å². The summed E-state index contributed by atoms with van der Waals surface area (Å²) in [5.41, 5.74) is -0.0584. The SMILES string of the molecule is O=c1c2ccccc2sc2c(OCCO)c(OCCO)ccc12. The smallest absolute Gasteiger partial charge is 0.196 e. The van der Waals surface area contributed by atoms with Gasteiger partial charge in [-0.15, -0.1) is 11.3 Å². The number of aliphatic hydroxyl groups is 2. The summed E-state index contributed by atoms with van der Waals surface area (Å²) in [4.78, 5) is 12.7. The van der Waals surface area contributed by atoms with E-state index >= 15 is 0 Å². The number of fused-ring (bicyclic) bond motifs is 2. The first-order chi connectivity index (χ1) is 11.3. The van der Waals surface area contributed by atoms with E-state index in [1.165, 1.54) is 11.3 Å². The van der Waals surface area contributed by atoms with Crippen LogP contribution in [0.5, 0.6) is 11.5 Å². The van der Waals surface area contributed by atoms with Gasteiger partial charge in [0.2, 0.25) is 0 Å². The number of benzene rings is 2. The molecule has 3 rings (SSSR count). The van der Waals surface area contributed by atoms with Crippen molar-refractivity contribution >= 4 is 31.5 Å². The molecule has 3 aromatic rings. The summed E-state index contributed by atoms with van der Waals surface area (Å²) >= 11 is 1.44. The first kappa shape index (κ1) is 15.7. The minimum atomic E-state index is -0.141. The lowest BCUT2D eigenvalue weighted by Crippen LogP contribution is -2.08. The van der Waals surface area contributed by atoms with Crippen LogP contribution in [-0.4, -0.2) is 36.6 Å². The van der Waals surface area contributed by atoms with E-state index in [2.05, 4.69) is 0 Å². The van der Waals surface area contributed by atoms with Crippen molar-refractivity contribution in [2.24, 2.45) is 0 Å². The molecule has 120 valence electrons. The molecule has 0 saturated heterocycles. The minimum absolute atomic E-state index is 0.0584. The van der Waals surface area contributed by atoms with Crippen LogP contribution in [0.4, 0.5) is 0 Å². The van der Waals surface area contributed by atoms with Gasteiger partial charge in [0.15, 0.2) is 16.9 Å². The average Bonchev–Trinajstić information content (AvgIpc) is 2.58. The zero-order valence-corrected chi connectivity index (χ0v) is 13.1. The minimum Gasteiger partial charge on any atom is -0.487 e. The fraction of sp³-hybridized carbons (Fsp3) is 0.235. The Morgan fingerprint density at radius 2 is 1.65 bits per heavy atom. The Morgan fingerprint density at radius 3 is 2.43 bits per heavy atom. The van der Waals surface area contributed by atoms with Crippen LogP contribution in [0.3, 0.4) is 0 Å². The van der Waals surface area contributed by atoms with Gasteiger partial charge < -0.3 is 19.7 Å².